The average molecular weight is 230 g/mol. The summed E-state index contributed by atoms with van der Waals surface area (Å²) in [5.41, 5.74) is 4.33. The van der Waals surface area contributed by atoms with Gasteiger partial charge in [0, 0.05) is 5.92 Å². The zero-order chi connectivity index (χ0) is 11.9. The van der Waals surface area contributed by atoms with Crippen LogP contribution >= 0.6 is 0 Å². The van der Waals surface area contributed by atoms with Crippen LogP contribution in [0.25, 0.3) is 16.8 Å². The van der Waals surface area contributed by atoms with Crippen molar-refractivity contribution in [3.63, 3.8) is 0 Å². The molecular weight excluding hydrogens is 216 g/mol. The smallest absolute Gasteiger partial charge is 0.0136 e. The van der Waals surface area contributed by atoms with Gasteiger partial charge in [-0.15, -0.1) is 0 Å². The Morgan fingerprint density at radius 2 is 1.89 bits per heavy atom. The predicted molar refractivity (Wildman–Crippen MR) is 77.6 cm³/mol. The zero-order valence-electron chi connectivity index (χ0n) is 10.1. The molecule has 0 N–H and O–H groups in total. The third-order valence-corrected chi connectivity index (χ3v) is 4.01. The molecule has 2 aromatic carbocycles. The first kappa shape index (κ1) is 9.90. The highest BCUT2D eigenvalue weighted by molar-refractivity contribution is 5.91. The van der Waals surface area contributed by atoms with Crippen molar-refractivity contribution in [3.05, 3.63) is 77.4 Å². The first-order valence-corrected chi connectivity index (χ1v) is 6.50. The Labute approximate surface area is 107 Å². The summed E-state index contributed by atoms with van der Waals surface area (Å²) in [5, 5.41) is 2.76. The molecule has 86 valence electrons. The van der Waals surface area contributed by atoms with E-state index in [1.54, 1.807) is 0 Å². The van der Waals surface area contributed by atoms with E-state index in [0.717, 1.165) is 6.42 Å². The van der Waals surface area contributed by atoms with Gasteiger partial charge >= 0.3 is 0 Å². The fourth-order valence-corrected chi connectivity index (χ4v) is 3.13. The van der Waals surface area contributed by atoms with Crippen molar-refractivity contribution in [2.45, 2.75) is 12.3 Å². The van der Waals surface area contributed by atoms with E-state index in [0.29, 0.717) is 5.92 Å². The molecule has 1 unspecified atom stereocenters. The van der Waals surface area contributed by atoms with Crippen molar-refractivity contribution < 1.29 is 0 Å². The SMILES string of the molecule is C1=CCC2C(=C1)C=Cc1ccc3ccccc3c12. The first-order chi connectivity index (χ1) is 8.93. The minimum atomic E-state index is 0.543. The maximum Gasteiger partial charge on any atom is 0.0136 e. The van der Waals surface area contributed by atoms with Gasteiger partial charge in [0.1, 0.15) is 0 Å². The molecule has 0 heteroatoms. The fourth-order valence-electron chi connectivity index (χ4n) is 3.13. The first-order valence-electron chi connectivity index (χ1n) is 6.50. The van der Waals surface area contributed by atoms with E-state index in [1.807, 2.05) is 0 Å². The molecule has 2 aromatic rings. The van der Waals surface area contributed by atoms with Crippen molar-refractivity contribution in [3.8, 4) is 0 Å². The van der Waals surface area contributed by atoms with E-state index >= 15 is 0 Å². The number of fused-ring (bicyclic) bond motifs is 5. The van der Waals surface area contributed by atoms with Gasteiger partial charge in [-0.3, -0.25) is 0 Å². The Kier molecular flexibility index (Phi) is 2.04. The number of allylic oxidation sites excluding steroid dienone is 5. The van der Waals surface area contributed by atoms with Crippen LogP contribution in [-0.4, -0.2) is 0 Å². The second kappa shape index (κ2) is 3.71. The topological polar surface area (TPSA) is 0 Å². The van der Waals surface area contributed by atoms with E-state index in [-0.39, 0.29) is 0 Å². The van der Waals surface area contributed by atoms with E-state index in [1.165, 1.54) is 27.5 Å². The molecule has 0 radical (unpaired) electrons. The lowest BCUT2D eigenvalue weighted by atomic mass is 9.77. The van der Waals surface area contributed by atoms with Crippen LogP contribution in [-0.2, 0) is 0 Å². The molecule has 2 aliphatic carbocycles. The van der Waals surface area contributed by atoms with Crippen molar-refractivity contribution in [1.29, 1.82) is 0 Å². The third kappa shape index (κ3) is 1.32. The van der Waals surface area contributed by atoms with Crippen LogP contribution in [0.4, 0.5) is 0 Å². The Morgan fingerprint density at radius 3 is 2.89 bits per heavy atom. The van der Waals surface area contributed by atoms with Crippen molar-refractivity contribution in [1.82, 2.24) is 0 Å². The summed E-state index contributed by atoms with van der Waals surface area (Å²) < 4.78 is 0. The van der Waals surface area contributed by atoms with Crippen LogP contribution < -0.4 is 0 Å². The fraction of sp³-hybridized carbons (Fsp3) is 0.111. The van der Waals surface area contributed by atoms with Crippen molar-refractivity contribution >= 4 is 16.8 Å². The largest absolute Gasteiger partial charge is 0.0836 e. The van der Waals surface area contributed by atoms with Crippen LogP contribution in [0.5, 0.6) is 0 Å². The molecule has 0 aromatic heterocycles. The minimum Gasteiger partial charge on any atom is -0.0836 e. The Balaban J connectivity index is 2.07. The van der Waals surface area contributed by atoms with Gasteiger partial charge in [-0.1, -0.05) is 66.8 Å². The van der Waals surface area contributed by atoms with Gasteiger partial charge in [0.25, 0.3) is 0 Å². The van der Waals surface area contributed by atoms with Gasteiger partial charge in [-0.25, -0.2) is 0 Å². The van der Waals surface area contributed by atoms with Gasteiger partial charge in [-0.2, -0.15) is 0 Å². The maximum atomic E-state index is 2.28. The zero-order valence-corrected chi connectivity index (χ0v) is 10.1. The number of rotatable bonds is 0. The Morgan fingerprint density at radius 1 is 0.944 bits per heavy atom. The van der Waals surface area contributed by atoms with E-state index in [2.05, 4.69) is 66.8 Å². The summed E-state index contributed by atoms with van der Waals surface area (Å²) in [4.78, 5) is 0. The average Bonchev–Trinajstić information content (AvgIpc) is 2.46. The van der Waals surface area contributed by atoms with Crippen LogP contribution in [0, 0.1) is 0 Å². The van der Waals surface area contributed by atoms with Crippen LogP contribution in [0.2, 0.25) is 0 Å². The predicted octanol–water partition coefficient (Wildman–Crippen LogP) is 4.84. The molecule has 0 amide bonds. The summed E-state index contributed by atoms with van der Waals surface area (Å²) in [7, 11) is 0. The van der Waals surface area contributed by atoms with Crippen LogP contribution in [0.3, 0.4) is 0 Å². The molecule has 0 heterocycles. The van der Waals surface area contributed by atoms with Crippen LogP contribution in [0.15, 0.2) is 66.3 Å². The molecule has 18 heavy (non-hydrogen) atoms. The number of benzene rings is 2. The van der Waals surface area contributed by atoms with E-state index in [9.17, 15) is 0 Å². The molecule has 0 saturated carbocycles. The van der Waals surface area contributed by atoms with Gasteiger partial charge < -0.3 is 0 Å². The minimum absolute atomic E-state index is 0.543. The summed E-state index contributed by atoms with van der Waals surface area (Å²) in [6.07, 6.45) is 12.3. The Hall–Kier alpha value is -2.08. The second-order valence-corrected chi connectivity index (χ2v) is 5.01. The highest BCUT2D eigenvalue weighted by Crippen LogP contribution is 2.41. The highest BCUT2D eigenvalue weighted by Gasteiger charge is 2.23. The van der Waals surface area contributed by atoms with Crippen LogP contribution in [0.1, 0.15) is 23.5 Å². The highest BCUT2D eigenvalue weighted by atomic mass is 14.3. The molecular formula is C18H14. The molecule has 0 aliphatic heterocycles. The lowest BCUT2D eigenvalue weighted by Gasteiger charge is -2.27. The molecule has 0 spiro atoms. The molecule has 0 bridgehead atoms. The summed E-state index contributed by atoms with van der Waals surface area (Å²) in [6, 6.07) is 13.2. The van der Waals surface area contributed by atoms with Crippen molar-refractivity contribution in [2.24, 2.45) is 0 Å². The quantitative estimate of drug-likeness (QED) is 0.607. The van der Waals surface area contributed by atoms with Gasteiger partial charge in [-0.05, 0) is 33.9 Å². The summed E-state index contributed by atoms with van der Waals surface area (Å²) in [6.45, 7) is 0. The second-order valence-electron chi connectivity index (χ2n) is 5.01. The monoisotopic (exact) mass is 230 g/mol. The Bertz CT molecular complexity index is 714. The third-order valence-electron chi connectivity index (χ3n) is 4.01. The van der Waals surface area contributed by atoms with Gasteiger partial charge in [0.05, 0.1) is 0 Å². The lowest BCUT2D eigenvalue weighted by molar-refractivity contribution is 0.818. The molecule has 1 atom stereocenters. The molecule has 0 saturated heterocycles. The molecule has 0 fully saturated rings. The van der Waals surface area contributed by atoms with E-state index in [4.69, 9.17) is 0 Å². The summed E-state index contributed by atoms with van der Waals surface area (Å²) in [5.74, 6) is 0.543. The standard InChI is InChI=1S/C18H14/c1-3-7-16-13(5-1)9-11-15-12-10-14-6-2-4-8-17(14)18(15)16/h1-7,9-12,17H,8H2. The molecule has 0 nitrogen and oxygen atoms in total. The van der Waals surface area contributed by atoms with Gasteiger partial charge in [0.2, 0.25) is 0 Å². The lowest BCUT2D eigenvalue weighted by Crippen LogP contribution is -2.08. The maximum absolute atomic E-state index is 2.28. The van der Waals surface area contributed by atoms with Gasteiger partial charge in [0.15, 0.2) is 0 Å². The number of hydrogen-bond acceptors (Lipinski definition) is 0. The number of hydrogen-bond donors (Lipinski definition) is 0. The van der Waals surface area contributed by atoms with E-state index < -0.39 is 0 Å². The normalized spacial score (nSPS) is 20.4. The molecule has 4 rings (SSSR count). The molecule has 2 aliphatic rings. The van der Waals surface area contributed by atoms with Crippen molar-refractivity contribution in [2.75, 3.05) is 0 Å². The summed E-state index contributed by atoms with van der Waals surface area (Å²) >= 11 is 0.